The number of aromatic amines is 1. The molecule has 9 heavy (non-hydrogen) atoms. The van der Waals surface area contributed by atoms with Crippen LogP contribution in [0.2, 0.25) is 0 Å². The minimum absolute atomic E-state index is 0.132. The van der Waals surface area contributed by atoms with E-state index in [-0.39, 0.29) is 11.8 Å². The predicted molar refractivity (Wildman–Crippen MR) is 33.2 cm³/mol. The minimum atomic E-state index is 0.132. The second-order valence-electron chi connectivity index (χ2n) is 1.66. The molecule has 1 aromatic heterocycles. The first kappa shape index (κ1) is 5.74. The van der Waals surface area contributed by atoms with Gasteiger partial charge in [-0.25, -0.2) is 0 Å². The maximum atomic E-state index is 9.85. The van der Waals surface area contributed by atoms with Crippen LogP contribution in [0.15, 0.2) is 5.18 Å². The average Bonchev–Trinajstić information content (AvgIpc) is 2.10. The third kappa shape index (κ3) is 0.883. The van der Waals surface area contributed by atoms with Crippen molar-refractivity contribution in [1.29, 1.82) is 0 Å². The summed E-state index contributed by atoms with van der Waals surface area (Å²) < 4.78 is 0. The molecule has 0 aromatic carbocycles. The summed E-state index contributed by atoms with van der Waals surface area (Å²) in [5.74, 6) is 0.356. The van der Waals surface area contributed by atoms with E-state index in [4.69, 9.17) is 5.73 Å². The zero-order valence-electron chi connectivity index (χ0n) is 4.88. The molecule has 48 valence electrons. The number of aryl methyl sites for hydroxylation is 1. The van der Waals surface area contributed by atoms with Gasteiger partial charge in [0.2, 0.25) is 5.82 Å². The molecule has 1 heterocycles. The van der Waals surface area contributed by atoms with E-state index in [1.165, 1.54) is 0 Å². The van der Waals surface area contributed by atoms with E-state index in [0.717, 1.165) is 0 Å². The Hall–Kier alpha value is -1.39. The number of hydrogen-bond donors (Lipinski definition) is 2. The van der Waals surface area contributed by atoms with Gasteiger partial charge < -0.3 is 10.7 Å². The van der Waals surface area contributed by atoms with Crippen molar-refractivity contribution < 1.29 is 0 Å². The third-order valence-corrected chi connectivity index (χ3v) is 0.964. The van der Waals surface area contributed by atoms with Crippen molar-refractivity contribution in [1.82, 2.24) is 9.97 Å². The summed E-state index contributed by atoms with van der Waals surface area (Å²) >= 11 is 0. The Balaban J connectivity index is 3.15. The zero-order chi connectivity index (χ0) is 6.85. The fraction of sp³-hybridized carbons (Fsp3) is 0.250. The molecule has 0 aliphatic rings. The highest BCUT2D eigenvalue weighted by molar-refractivity contribution is 5.39. The predicted octanol–water partition coefficient (Wildman–Crippen LogP) is 0.698. The molecule has 1 rings (SSSR count). The Bertz CT molecular complexity index is 228. The van der Waals surface area contributed by atoms with E-state index in [2.05, 4.69) is 15.1 Å². The van der Waals surface area contributed by atoms with Gasteiger partial charge in [-0.2, -0.15) is 4.98 Å². The van der Waals surface area contributed by atoms with Crippen LogP contribution in [0.3, 0.4) is 0 Å². The number of hydrogen-bond acceptors (Lipinski definition) is 4. The molecule has 0 fully saturated rings. The van der Waals surface area contributed by atoms with Crippen molar-refractivity contribution in [2.45, 2.75) is 6.92 Å². The molecule has 0 saturated carbocycles. The monoisotopic (exact) mass is 126 g/mol. The van der Waals surface area contributed by atoms with Crippen LogP contribution in [0.5, 0.6) is 0 Å². The van der Waals surface area contributed by atoms with Gasteiger partial charge in [0, 0.05) is 0 Å². The third-order valence-electron chi connectivity index (χ3n) is 0.964. The van der Waals surface area contributed by atoms with Crippen LogP contribution in [0.4, 0.5) is 11.8 Å². The van der Waals surface area contributed by atoms with Gasteiger partial charge in [0.15, 0.2) is 5.95 Å². The van der Waals surface area contributed by atoms with E-state index in [9.17, 15) is 4.91 Å². The molecule has 0 unspecified atom stereocenters. The number of aromatic nitrogens is 2. The summed E-state index contributed by atoms with van der Waals surface area (Å²) in [6.07, 6.45) is 0. The van der Waals surface area contributed by atoms with Gasteiger partial charge in [0.25, 0.3) is 0 Å². The highest BCUT2D eigenvalue weighted by Gasteiger charge is 2.01. The Morgan fingerprint density at radius 1 is 1.78 bits per heavy atom. The summed E-state index contributed by atoms with van der Waals surface area (Å²) in [4.78, 5) is 16.1. The van der Waals surface area contributed by atoms with Crippen molar-refractivity contribution in [2.75, 3.05) is 5.73 Å². The standard InChI is InChI=1S/C4H6N4O/c1-2-3(8-9)7-4(5)6-2/h1H3,(H3,5,6,7). The highest BCUT2D eigenvalue weighted by atomic mass is 16.3. The molecule has 5 nitrogen and oxygen atoms in total. The molecule has 0 aliphatic carbocycles. The average molecular weight is 126 g/mol. The number of anilines is 1. The number of H-pyrrole nitrogens is 1. The maximum Gasteiger partial charge on any atom is 0.218 e. The molecule has 0 radical (unpaired) electrons. The van der Waals surface area contributed by atoms with Crippen LogP contribution >= 0.6 is 0 Å². The number of nitroso groups, excluding NO2 is 1. The lowest BCUT2D eigenvalue weighted by Gasteiger charge is -1.76. The molecule has 3 N–H and O–H groups in total. The Labute approximate surface area is 51.3 Å². The lowest BCUT2D eigenvalue weighted by molar-refractivity contribution is 1.26. The second kappa shape index (κ2) is 1.85. The first-order valence-corrected chi connectivity index (χ1v) is 2.39. The van der Waals surface area contributed by atoms with Crippen molar-refractivity contribution in [3.63, 3.8) is 0 Å². The van der Waals surface area contributed by atoms with Crippen molar-refractivity contribution in [3.05, 3.63) is 10.6 Å². The van der Waals surface area contributed by atoms with E-state index in [0.29, 0.717) is 5.69 Å². The first-order chi connectivity index (χ1) is 4.24. The van der Waals surface area contributed by atoms with Gasteiger partial charge in [0.1, 0.15) is 0 Å². The number of rotatable bonds is 1. The van der Waals surface area contributed by atoms with E-state index in [1.54, 1.807) is 6.92 Å². The molecule has 0 saturated heterocycles. The Kier molecular flexibility index (Phi) is 1.18. The highest BCUT2D eigenvalue weighted by Crippen LogP contribution is 2.13. The van der Waals surface area contributed by atoms with Gasteiger partial charge in [-0.05, 0) is 12.1 Å². The molecule has 0 atom stereocenters. The lowest BCUT2D eigenvalue weighted by Crippen LogP contribution is -1.84. The molecule has 0 spiro atoms. The van der Waals surface area contributed by atoms with E-state index >= 15 is 0 Å². The fourth-order valence-corrected chi connectivity index (χ4v) is 0.563. The van der Waals surface area contributed by atoms with Gasteiger partial charge in [-0.1, -0.05) is 0 Å². The summed E-state index contributed by atoms with van der Waals surface area (Å²) in [7, 11) is 0. The lowest BCUT2D eigenvalue weighted by atomic mass is 10.5. The van der Waals surface area contributed by atoms with E-state index in [1.807, 2.05) is 0 Å². The molecule has 0 aliphatic heterocycles. The summed E-state index contributed by atoms with van der Waals surface area (Å²) in [6.45, 7) is 1.68. The Morgan fingerprint density at radius 2 is 2.44 bits per heavy atom. The van der Waals surface area contributed by atoms with Crippen LogP contribution in [0.1, 0.15) is 5.69 Å². The number of nitrogens with one attached hydrogen (secondary N) is 1. The van der Waals surface area contributed by atoms with Crippen LogP contribution in [0.25, 0.3) is 0 Å². The normalized spacial score (nSPS) is 9.44. The Morgan fingerprint density at radius 3 is 2.67 bits per heavy atom. The SMILES string of the molecule is Cc1[nH]c(N)nc1N=O. The van der Waals surface area contributed by atoms with Crippen molar-refractivity contribution in [3.8, 4) is 0 Å². The van der Waals surface area contributed by atoms with Gasteiger partial charge in [-0.3, -0.25) is 0 Å². The molecule has 0 amide bonds. The number of nitrogens with zero attached hydrogens (tertiary/aromatic N) is 2. The number of imidazole rings is 1. The van der Waals surface area contributed by atoms with Crippen LogP contribution in [0, 0.1) is 11.8 Å². The second-order valence-corrected chi connectivity index (χ2v) is 1.66. The smallest absolute Gasteiger partial charge is 0.218 e. The largest absolute Gasteiger partial charge is 0.369 e. The number of nitrogens with two attached hydrogens (primary N) is 1. The first-order valence-electron chi connectivity index (χ1n) is 2.39. The van der Waals surface area contributed by atoms with Crippen LogP contribution in [-0.2, 0) is 0 Å². The fourth-order valence-electron chi connectivity index (χ4n) is 0.563. The summed E-state index contributed by atoms with van der Waals surface area (Å²) in [6, 6.07) is 0. The van der Waals surface area contributed by atoms with Gasteiger partial charge >= 0.3 is 0 Å². The molecule has 5 heteroatoms. The molecule has 0 bridgehead atoms. The summed E-state index contributed by atoms with van der Waals surface area (Å²) in [5, 5.41) is 2.62. The van der Waals surface area contributed by atoms with Gasteiger partial charge in [-0.15, -0.1) is 4.91 Å². The van der Waals surface area contributed by atoms with Crippen LogP contribution < -0.4 is 5.73 Å². The topological polar surface area (TPSA) is 84.1 Å². The molecular weight excluding hydrogens is 120 g/mol. The maximum absolute atomic E-state index is 9.85. The van der Waals surface area contributed by atoms with Crippen LogP contribution in [-0.4, -0.2) is 9.97 Å². The molecular formula is C4H6N4O. The zero-order valence-corrected chi connectivity index (χ0v) is 4.88. The van der Waals surface area contributed by atoms with Gasteiger partial charge in [0.05, 0.1) is 5.69 Å². The quantitative estimate of drug-likeness (QED) is 0.543. The van der Waals surface area contributed by atoms with Crippen molar-refractivity contribution in [2.24, 2.45) is 5.18 Å². The molecule has 1 aromatic rings. The van der Waals surface area contributed by atoms with Crippen molar-refractivity contribution >= 4 is 11.8 Å². The summed E-state index contributed by atoms with van der Waals surface area (Å²) in [5.41, 5.74) is 5.79. The van der Waals surface area contributed by atoms with E-state index < -0.39 is 0 Å². The number of nitrogen functional groups attached to an aromatic ring is 1. The minimum Gasteiger partial charge on any atom is -0.369 e.